The van der Waals surface area contributed by atoms with Crippen LogP contribution in [0, 0.1) is 0 Å². The van der Waals surface area contributed by atoms with Crippen LogP contribution in [0.4, 0.5) is 0 Å². The van der Waals surface area contributed by atoms with Crippen molar-refractivity contribution in [2.75, 3.05) is 12.4 Å². The summed E-state index contributed by atoms with van der Waals surface area (Å²) in [6.45, 7) is 0. The number of carbonyl (C=O) groups excluding carboxylic acids is 1. The smallest absolute Gasteiger partial charge is 0.144 e. The standard InChI is InChI=1S/C13H15BrO2/c1-16-12-5-4-9-2-3-10(13(9)7-12)6-11(15)8-14/h4-5,7,10H,2-3,6,8H2,1H3. The Morgan fingerprint density at radius 1 is 1.56 bits per heavy atom. The van der Waals surface area contributed by atoms with Gasteiger partial charge in [0, 0.05) is 6.42 Å². The van der Waals surface area contributed by atoms with Gasteiger partial charge in [-0.1, -0.05) is 22.0 Å². The SMILES string of the molecule is COc1ccc2c(c1)C(CC(=O)CBr)CC2. The predicted octanol–water partition coefficient (Wildman–Crippen LogP) is 3.08. The molecule has 0 fully saturated rings. The molecule has 1 aromatic carbocycles. The fraction of sp³-hybridized carbons (Fsp3) is 0.462. The van der Waals surface area contributed by atoms with Crippen LogP contribution in [0.5, 0.6) is 5.75 Å². The summed E-state index contributed by atoms with van der Waals surface area (Å²) in [7, 11) is 1.68. The minimum Gasteiger partial charge on any atom is -0.497 e. The van der Waals surface area contributed by atoms with Gasteiger partial charge in [-0.15, -0.1) is 0 Å². The van der Waals surface area contributed by atoms with Crippen LogP contribution in [0.3, 0.4) is 0 Å². The molecular formula is C13H15BrO2. The monoisotopic (exact) mass is 282 g/mol. The van der Waals surface area contributed by atoms with Gasteiger partial charge < -0.3 is 4.74 Å². The number of hydrogen-bond acceptors (Lipinski definition) is 2. The highest BCUT2D eigenvalue weighted by atomic mass is 79.9. The van der Waals surface area contributed by atoms with Gasteiger partial charge >= 0.3 is 0 Å². The van der Waals surface area contributed by atoms with Gasteiger partial charge in [-0.3, -0.25) is 4.79 Å². The molecule has 0 saturated carbocycles. The van der Waals surface area contributed by atoms with Crippen molar-refractivity contribution in [3.63, 3.8) is 0 Å². The fourth-order valence-electron chi connectivity index (χ4n) is 2.33. The second kappa shape index (κ2) is 5.00. The van der Waals surface area contributed by atoms with Crippen LogP contribution >= 0.6 is 15.9 Å². The van der Waals surface area contributed by atoms with Crippen LogP contribution in [-0.2, 0) is 11.2 Å². The molecule has 1 aliphatic rings. The van der Waals surface area contributed by atoms with Crippen LogP contribution in [0.1, 0.15) is 29.9 Å². The summed E-state index contributed by atoms with van der Waals surface area (Å²) in [6.07, 6.45) is 2.81. The number of ketones is 1. The van der Waals surface area contributed by atoms with Crippen molar-refractivity contribution in [2.45, 2.75) is 25.2 Å². The van der Waals surface area contributed by atoms with E-state index in [2.05, 4.69) is 28.1 Å². The maximum Gasteiger partial charge on any atom is 0.144 e. The number of alkyl halides is 1. The van der Waals surface area contributed by atoms with Gasteiger partial charge in [0.05, 0.1) is 12.4 Å². The van der Waals surface area contributed by atoms with Crippen molar-refractivity contribution in [3.05, 3.63) is 29.3 Å². The molecule has 2 nitrogen and oxygen atoms in total. The Morgan fingerprint density at radius 3 is 3.06 bits per heavy atom. The highest BCUT2D eigenvalue weighted by Gasteiger charge is 2.24. The predicted molar refractivity (Wildman–Crippen MR) is 67.5 cm³/mol. The minimum absolute atomic E-state index is 0.278. The van der Waals surface area contributed by atoms with Crippen LogP contribution in [0.25, 0.3) is 0 Å². The van der Waals surface area contributed by atoms with E-state index in [1.165, 1.54) is 11.1 Å². The van der Waals surface area contributed by atoms with E-state index >= 15 is 0 Å². The number of halogens is 1. The minimum atomic E-state index is 0.278. The van der Waals surface area contributed by atoms with Crippen LogP contribution in [0.15, 0.2) is 18.2 Å². The van der Waals surface area contributed by atoms with E-state index in [4.69, 9.17) is 4.74 Å². The lowest BCUT2D eigenvalue weighted by atomic mass is 9.96. The normalized spacial score (nSPS) is 18.2. The van der Waals surface area contributed by atoms with E-state index in [1.807, 2.05) is 6.07 Å². The number of methoxy groups -OCH3 is 1. The van der Waals surface area contributed by atoms with E-state index in [0.717, 1.165) is 18.6 Å². The summed E-state index contributed by atoms with van der Waals surface area (Å²) in [4.78, 5) is 11.5. The lowest BCUT2D eigenvalue weighted by molar-refractivity contribution is -0.116. The van der Waals surface area contributed by atoms with Crippen molar-refractivity contribution in [3.8, 4) is 5.75 Å². The molecule has 0 radical (unpaired) electrons. The van der Waals surface area contributed by atoms with Gasteiger partial charge in [0.1, 0.15) is 11.5 Å². The third kappa shape index (κ3) is 2.29. The van der Waals surface area contributed by atoms with E-state index in [9.17, 15) is 4.79 Å². The Hall–Kier alpha value is -0.830. The van der Waals surface area contributed by atoms with Crippen molar-refractivity contribution in [2.24, 2.45) is 0 Å². The van der Waals surface area contributed by atoms with Crippen LogP contribution in [-0.4, -0.2) is 18.2 Å². The largest absolute Gasteiger partial charge is 0.497 e. The molecule has 1 atom stereocenters. The summed E-state index contributed by atoms with van der Waals surface area (Å²) in [5.41, 5.74) is 2.67. The highest BCUT2D eigenvalue weighted by molar-refractivity contribution is 9.09. The first-order valence-corrected chi connectivity index (χ1v) is 6.61. The number of ether oxygens (including phenoxy) is 1. The molecule has 0 bridgehead atoms. The van der Waals surface area contributed by atoms with Crippen molar-refractivity contribution in [1.82, 2.24) is 0 Å². The van der Waals surface area contributed by atoms with Crippen molar-refractivity contribution >= 4 is 21.7 Å². The van der Waals surface area contributed by atoms with Crippen LogP contribution < -0.4 is 4.74 Å². The van der Waals surface area contributed by atoms with Gasteiger partial charge in [0.2, 0.25) is 0 Å². The quantitative estimate of drug-likeness (QED) is 0.794. The molecule has 1 aliphatic carbocycles. The van der Waals surface area contributed by atoms with E-state index in [-0.39, 0.29) is 5.78 Å². The van der Waals surface area contributed by atoms with Gasteiger partial charge in [-0.25, -0.2) is 0 Å². The summed E-state index contributed by atoms with van der Waals surface area (Å²) in [6, 6.07) is 6.19. The van der Waals surface area contributed by atoms with Gasteiger partial charge in [0.15, 0.2) is 0 Å². The molecule has 16 heavy (non-hydrogen) atoms. The zero-order valence-corrected chi connectivity index (χ0v) is 10.9. The molecule has 0 amide bonds. The van der Waals surface area contributed by atoms with E-state index in [0.29, 0.717) is 17.7 Å². The number of benzene rings is 1. The first-order chi connectivity index (χ1) is 7.74. The molecule has 3 heteroatoms. The summed E-state index contributed by atoms with van der Waals surface area (Å²) < 4.78 is 5.22. The molecule has 86 valence electrons. The van der Waals surface area contributed by atoms with Crippen molar-refractivity contribution < 1.29 is 9.53 Å². The lowest BCUT2D eigenvalue weighted by Crippen LogP contribution is -2.05. The molecule has 2 rings (SSSR count). The Balaban J connectivity index is 2.20. The average molecular weight is 283 g/mol. The molecule has 0 spiro atoms. The Bertz CT molecular complexity index is 401. The molecule has 1 unspecified atom stereocenters. The third-order valence-electron chi connectivity index (χ3n) is 3.18. The zero-order valence-electron chi connectivity index (χ0n) is 9.33. The first kappa shape index (κ1) is 11.6. The number of rotatable bonds is 4. The highest BCUT2D eigenvalue weighted by Crippen LogP contribution is 2.37. The van der Waals surface area contributed by atoms with E-state index < -0.39 is 0 Å². The molecule has 0 saturated heterocycles. The average Bonchev–Trinajstić information content (AvgIpc) is 2.71. The number of carbonyl (C=O) groups is 1. The number of fused-ring (bicyclic) bond motifs is 1. The van der Waals surface area contributed by atoms with Crippen molar-refractivity contribution in [1.29, 1.82) is 0 Å². The Kier molecular flexibility index (Phi) is 3.64. The molecule has 0 aliphatic heterocycles. The van der Waals surface area contributed by atoms with Gasteiger partial charge in [0.25, 0.3) is 0 Å². The molecular weight excluding hydrogens is 268 g/mol. The Morgan fingerprint density at radius 2 is 2.38 bits per heavy atom. The molecule has 1 aromatic rings. The lowest BCUT2D eigenvalue weighted by Gasteiger charge is -2.11. The zero-order chi connectivity index (χ0) is 11.5. The number of hydrogen-bond donors (Lipinski definition) is 0. The molecule has 0 N–H and O–H groups in total. The summed E-state index contributed by atoms with van der Waals surface area (Å²) in [5.74, 6) is 1.55. The fourth-order valence-corrected chi connectivity index (χ4v) is 2.56. The molecule has 0 aromatic heterocycles. The third-order valence-corrected chi connectivity index (χ3v) is 3.80. The molecule has 0 heterocycles. The van der Waals surface area contributed by atoms with E-state index in [1.54, 1.807) is 7.11 Å². The maximum absolute atomic E-state index is 11.5. The number of aryl methyl sites for hydroxylation is 1. The maximum atomic E-state index is 11.5. The van der Waals surface area contributed by atoms with Gasteiger partial charge in [-0.05, 0) is 42.0 Å². The summed E-state index contributed by atoms with van der Waals surface area (Å²) >= 11 is 3.22. The topological polar surface area (TPSA) is 26.3 Å². The van der Waals surface area contributed by atoms with Gasteiger partial charge in [-0.2, -0.15) is 0 Å². The second-order valence-corrected chi connectivity index (χ2v) is 4.74. The second-order valence-electron chi connectivity index (χ2n) is 4.18. The number of Topliss-reactive ketones (excluding diaryl/α,β-unsaturated/α-hetero) is 1. The first-order valence-electron chi connectivity index (χ1n) is 5.49. The van der Waals surface area contributed by atoms with Crippen LogP contribution in [0.2, 0.25) is 0 Å². The summed E-state index contributed by atoms with van der Waals surface area (Å²) in [5, 5.41) is 0.461. The Labute approximate surface area is 104 Å².